The lowest BCUT2D eigenvalue weighted by atomic mass is 10.0. The highest BCUT2D eigenvalue weighted by Crippen LogP contribution is 2.33. The van der Waals surface area contributed by atoms with Crippen LogP contribution in [0.5, 0.6) is 5.75 Å². The van der Waals surface area contributed by atoms with Gasteiger partial charge in [0.25, 0.3) is 0 Å². The maximum atomic E-state index is 10.3. The van der Waals surface area contributed by atoms with E-state index in [1.54, 1.807) is 6.07 Å². The number of nitrogens with zero attached hydrogens (tertiary/aromatic N) is 3. The van der Waals surface area contributed by atoms with E-state index in [9.17, 15) is 5.11 Å². The molecule has 0 spiro atoms. The Hall–Kier alpha value is -2.53. The third-order valence-electron chi connectivity index (χ3n) is 4.62. The van der Waals surface area contributed by atoms with Crippen LogP contribution in [-0.4, -0.2) is 33.1 Å². The first-order valence-electron chi connectivity index (χ1n) is 8.27. The van der Waals surface area contributed by atoms with Crippen LogP contribution in [0.3, 0.4) is 0 Å². The number of rotatable bonds is 2. The van der Waals surface area contributed by atoms with E-state index in [-0.39, 0.29) is 5.75 Å². The van der Waals surface area contributed by atoms with Gasteiger partial charge in [-0.15, -0.1) is 0 Å². The van der Waals surface area contributed by atoms with Crippen molar-refractivity contribution in [3.8, 4) is 17.0 Å². The predicted molar refractivity (Wildman–Crippen MR) is 94.1 cm³/mol. The zero-order chi connectivity index (χ0) is 16.7. The molecule has 1 aliphatic heterocycles. The molecular formula is C19H20N4O. The molecule has 3 heterocycles. The monoisotopic (exact) mass is 320 g/mol. The van der Waals surface area contributed by atoms with Gasteiger partial charge in [-0.3, -0.25) is 4.98 Å². The van der Waals surface area contributed by atoms with E-state index in [0.717, 1.165) is 53.1 Å². The van der Waals surface area contributed by atoms with Gasteiger partial charge in [0.1, 0.15) is 11.3 Å². The second-order valence-electron chi connectivity index (χ2n) is 6.50. The molecule has 1 atom stereocenters. The van der Waals surface area contributed by atoms with Crippen molar-refractivity contribution in [2.45, 2.75) is 26.2 Å². The Morgan fingerprint density at radius 2 is 2.04 bits per heavy atom. The SMILES string of the molecule is Cc1cc(C)c(-c2ccc3ncc([C@@H]4CCNC4)nc3n2)c(O)c1. The minimum absolute atomic E-state index is 0.253. The Morgan fingerprint density at radius 3 is 2.79 bits per heavy atom. The first-order chi connectivity index (χ1) is 11.6. The molecule has 0 radical (unpaired) electrons. The summed E-state index contributed by atoms with van der Waals surface area (Å²) in [6.07, 6.45) is 2.94. The van der Waals surface area contributed by atoms with Gasteiger partial charge in [-0.1, -0.05) is 6.07 Å². The molecule has 4 rings (SSSR count). The average Bonchev–Trinajstić information content (AvgIpc) is 3.07. The molecule has 0 aliphatic carbocycles. The van der Waals surface area contributed by atoms with Gasteiger partial charge in [0.15, 0.2) is 5.65 Å². The van der Waals surface area contributed by atoms with Crippen molar-refractivity contribution < 1.29 is 5.11 Å². The highest BCUT2D eigenvalue weighted by atomic mass is 16.3. The number of pyridine rings is 1. The smallest absolute Gasteiger partial charge is 0.179 e. The first-order valence-corrected chi connectivity index (χ1v) is 8.27. The third kappa shape index (κ3) is 2.61. The molecule has 24 heavy (non-hydrogen) atoms. The molecule has 2 aromatic heterocycles. The average molecular weight is 320 g/mol. The number of phenols is 1. The Kier molecular flexibility index (Phi) is 3.65. The van der Waals surface area contributed by atoms with E-state index >= 15 is 0 Å². The van der Waals surface area contributed by atoms with Crippen molar-refractivity contribution in [3.63, 3.8) is 0 Å². The molecule has 0 unspecified atom stereocenters. The predicted octanol–water partition coefficient (Wildman–Crippen LogP) is 3.09. The summed E-state index contributed by atoms with van der Waals surface area (Å²) in [6, 6.07) is 7.62. The van der Waals surface area contributed by atoms with E-state index in [1.807, 2.05) is 38.2 Å². The van der Waals surface area contributed by atoms with Crippen molar-refractivity contribution in [1.82, 2.24) is 20.3 Å². The van der Waals surface area contributed by atoms with E-state index in [1.165, 1.54) is 0 Å². The number of fused-ring (bicyclic) bond motifs is 1. The molecule has 2 N–H and O–H groups in total. The highest BCUT2D eigenvalue weighted by molar-refractivity contribution is 5.78. The summed E-state index contributed by atoms with van der Waals surface area (Å²) in [7, 11) is 0. The number of benzene rings is 1. The van der Waals surface area contributed by atoms with Gasteiger partial charge >= 0.3 is 0 Å². The molecule has 3 aromatic rings. The van der Waals surface area contributed by atoms with E-state index in [0.29, 0.717) is 11.6 Å². The van der Waals surface area contributed by atoms with Crippen LogP contribution < -0.4 is 5.32 Å². The number of hydrogen-bond acceptors (Lipinski definition) is 5. The Bertz CT molecular complexity index is 893. The van der Waals surface area contributed by atoms with Crippen LogP contribution >= 0.6 is 0 Å². The van der Waals surface area contributed by atoms with Gasteiger partial charge in [0.2, 0.25) is 0 Å². The van der Waals surface area contributed by atoms with Crippen LogP contribution in [0, 0.1) is 13.8 Å². The third-order valence-corrected chi connectivity index (χ3v) is 4.62. The summed E-state index contributed by atoms with van der Waals surface area (Å²) in [5.41, 5.74) is 5.93. The zero-order valence-electron chi connectivity index (χ0n) is 13.9. The summed E-state index contributed by atoms with van der Waals surface area (Å²) in [4.78, 5) is 13.9. The number of phenolic OH excluding ortho intramolecular Hbond substituents is 1. The minimum Gasteiger partial charge on any atom is -0.507 e. The van der Waals surface area contributed by atoms with E-state index in [2.05, 4.69) is 15.3 Å². The number of nitrogens with one attached hydrogen (secondary N) is 1. The van der Waals surface area contributed by atoms with Crippen LogP contribution in [0.2, 0.25) is 0 Å². The minimum atomic E-state index is 0.253. The van der Waals surface area contributed by atoms with Gasteiger partial charge < -0.3 is 10.4 Å². The number of aryl methyl sites for hydroxylation is 2. The molecule has 5 nitrogen and oxygen atoms in total. The van der Waals surface area contributed by atoms with Crippen molar-refractivity contribution >= 4 is 11.2 Å². The van der Waals surface area contributed by atoms with Crippen molar-refractivity contribution in [2.75, 3.05) is 13.1 Å². The Labute approximate surface area is 140 Å². The summed E-state index contributed by atoms with van der Waals surface area (Å²) < 4.78 is 0. The Morgan fingerprint density at radius 1 is 1.17 bits per heavy atom. The van der Waals surface area contributed by atoms with Crippen LogP contribution in [0.4, 0.5) is 0 Å². The summed E-state index contributed by atoms with van der Waals surface area (Å²) in [5, 5.41) is 13.7. The van der Waals surface area contributed by atoms with E-state index in [4.69, 9.17) is 4.98 Å². The molecule has 5 heteroatoms. The lowest BCUT2D eigenvalue weighted by Crippen LogP contribution is -2.09. The van der Waals surface area contributed by atoms with Gasteiger partial charge in [0, 0.05) is 24.2 Å². The fraction of sp³-hybridized carbons (Fsp3) is 0.316. The number of hydrogen-bond donors (Lipinski definition) is 2. The molecule has 1 saturated heterocycles. The fourth-order valence-corrected chi connectivity index (χ4v) is 3.43. The number of aromatic hydroxyl groups is 1. The van der Waals surface area contributed by atoms with Crippen molar-refractivity contribution in [2.24, 2.45) is 0 Å². The fourth-order valence-electron chi connectivity index (χ4n) is 3.43. The summed E-state index contributed by atoms with van der Waals surface area (Å²) >= 11 is 0. The largest absolute Gasteiger partial charge is 0.507 e. The first kappa shape index (κ1) is 15.0. The topological polar surface area (TPSA) is 70.9 Å². The molecule has 1 fully saturated rings. The molecule has 122 valence electrons. The lowest BCUT2D eigenvalue weighted by Gasteiger charge is -2.11. The van der Waals surface area contributed by atoms with Crippen LogP contribution in [0.1, 0.15) is 29.2 Å². The molecular weight excluding hydrogens is 300 g/mol. The van der Waals surface area contributed by atoms with Crippen molar-refractivity contribution in [1.29, 1.82) is 0 Å². The second kappa shape index (κ2) is 5.83. The normalized spacial score (nSPS) is 17.5. The summed E-state index contributed by atoms with van der Waals surface area (Å²) in [6.45, 7) is 5.92. The second-order valence-corrected chi connectivity index (χ2v) is 6.50. The molecule has 0 bridgehead atoms. The Balaban J connectivity index is 1.82. The van der Waals surface area contributed by atoms with Crippen LogP contribution in [0.25, 0.3) is 22.4 Å². The quantitative estimate of drug-likeness (QED) is 0.759. The van der Waals surface area contributed by atoms with Crippen LogP contribution in [0.15, 0.2) is 30.5 Å². The number of aromatic nitrogens is 3. The standard InChI is InChI=1S/C19H20N4O/c1-11-7-12(2)18(17(24)8-11)14-3-4-15-19(22-14)23-16(10-21-15)13-5-6-20-9-13/h3-4,7-8,10,13,20,24H,5-6,9H2,1-2H3/t13-/m1/s1. The van der Waals surface area contributed by atoms with Crippen molar-refractivity contribution in [3.05, 3.63) is 47.3 Å². The van der Waals surface area contributed by atoms with Gasteiger partial charge in [-0.25, -0.2) is 9.97 Å². The summed E-state index contributed by atoms with van der Waals surface area (Å²) in [5.74, 6) is 0.658. The molecule has 1 aromatic carbocycles. The van der Waals surface area contributed by atoms with Gasteiger partial charge in [-0.2, -0.15) is 0 Å². The highest BCUT2D eigenvalue weighted by Gasteiger charge is 2.19. The lowest BCUT2D eigenvalue weighted by molar-refractivity contribution is 0.476. The maximum Gasteiger partial charge on any atom is 0.179 e. The maximum absolute atomic E-state index is 10.3. The van der Waals surface area contributed by atoms with Crippen LogP contribution in [-0.2, 0) is 0 Å². The molecule has 0 amide bonds. The van der Waals surface area contributed by atoms with Gasteiger partial charge in [-0.05, 0) is 56.1 Å². The van der Waals surface area contributed by atoms with E-state index < -0.39 is 0 Å². The zero-order valence-corrected chi connectivity index (χ0v) is 13.9. The molecule has 1 aliphatic rings. The molecule has 0 saturated carbocycles. The van der Waals surface area contributed by atoms with Gasteiger partial charge in [0.05, 0.1) is 11.4 Å².